The van der Waals surface area contributed by atoms with Gasteiger partial charge in [-0.1, -0.05) is 11.3 Å². The Bertz CT molecular complexity index is 721. The number of amides is 2. The Balaban J connectivity index is 1.48. The van der Waals surface area contributed by atoms with Crippen molar-refractivity contribution in [2.75, 3.05) is 13.1 Å². The summed E-state index contributed by atoms with van der Waals surface area (Å²) in [5.74, 6) is -2.51. The lowest BCUT2D eigenvalue weighted by atomic mass is 9.96. The predicted octanol–water partition coefficient (Wildman–Crippen LogP) is 0.603. The first-order valence-electron chi connectivity index (χ1n) is 7.14. The molecular formula is C12H13F3N6O2S. The molecule has 1 N–H and O–H groups in total. The molecule has 1 fully saturated rings. The number of hydrogen-bond acceptors (Lipinski definition) is 6. The molecule has 0 aliphatic carbocycles. The quantitative estimate of drug-likeness (QED) is 0.863. The van der Waals surface area contributed by atoms with Crippen LogP contribution in [-0.4, -0.2) is 55.8 Å². The van der Waals surface area contributed by atoms with Crippen LogP contribution < -0.4 is 5.32 Å². The average Bonchev–Trinajstić information content (AvgIpc) is 3.12. The van der Waals surface area contributed by atoms with Crippen molar-refractivity contribution in [3.8, 4) is 0 Å². The summed E-state index contributed by atoms with van der Waals surface area (Å²) in [4.78, 5) is 24.6. The van der Waals surface area contributed by atoms with Gasteiger partial charge in [-0.25, -0.2) is 0 Å². The Morgan fingerprint density at radius 2 is 2.04 bits per heavy atom. The van der Waals surface area contributed by atoms with E-state index in [1.54, 1.807) is 0 Å². The first-order chi connectivity index (χ1) is 11.3. The van der Waals surface area contributed by atoms with Gasteiger partial charge in [-0.15, -0.1) is 10.2 Å². The highest BCUT2D eigenvalue weighted by atomic mass is 32.1. The van der Waals surface area contributed by atoms with E-state index in [1.807, 2.05) is 0 Å². The number of fused-ring (bicyclic) bond motifs is 1. The van der Waals surface area contributed by atoms with Crippen molar-refractivity contribution >= 4 is 28.1 Å². The van der Waals surface area contributed by atoms with Crippen LogP contribution in [0.1, 0.15) is 17.8 Å². The summed E-state index contributed by atoms with van der Waals surface area (Å²) in [6.45, 7) is 0.0644. The van der Waals surface area contributed by atoms with Gasteiger partial charge in [0.15, 0.2) is 0 Å². The minimum absolute atomic E-state index is 0.0762. The first kappa shape index (κ1) is 16.6. The smallest absolute Gasteiger partial charge is 0.349 e. The third-order valence-electron chi connectivity index (χ3n) is 3.74. The number of aromatic nitrogens is 4. The number of piperidine rings is 1. The fourth-order valence-electron chi connectivity index (χ4n) is 2.50. The summed E-state index contributed by atoms with van der Waals surface area (Å²) in [5, 5.41) is 15.0. The van der Waals surface area contributed by atoms with Crippen LogP contribution in [0.15, 0.2) is 6.33 Å². The zero-order valence-corrected chi connectivity index (χ0v) is 13.1. The molecule has 12 heteroatoms. The lowest BCUT2D eigenvalue weighted by molar-refractivity contribution is -0.186. The van der Waals surface area contributed by atoms with E-state index in [1.165, 1.54) is 22.2 Å². The highest BCUT2D eigenvalue weighted by Gasteiger charge is 2.43. The molecule has 0 radical (unpaired) electrons. The first-order valence-corrected chi connectivity index (χ1v) is 7.96. The van der Waals surface area contributed by atoms with Crippen molar-refractivity contribution in [3.05, 3.63) is 11.3 Å². The molecule has 1 aliphatic rings. The van der Waals surface area contributed by atoms with Crippen molar-refractivity contribution in [3.63, 3.8) is 0 Å². The van der Waals surface area contributed by atoms with Crippen molar-refractivity contribution in [2.24, 2.45) is 5.92 Å². The predicted molar refractivity (Wildman–Crippen MR) is 75.9 cm³/mol. The molecule has 0 atom stereocenters. The fraction of sp³-hybridized carbons (Fsp3) is 0.583. The van der Waals surface area contributed by atoms with Gasteiger partial charge in [-0.05, 0) is 12.8 Å². The number of alkyl halides is 3. The maximum Gasteiger partial charge on any atom is 0.471 e. The third kappa shape index (κ3) is 3.47. The SMILES string of the molecule is O=C(NCc1nn2cnnc2s1)C1CCN(C(=O)C(F)(F)F)CC1. The van der Waals surface area contributed by atoms with Crippen LogP contribution in [0.5, 0.6) is 0 Å². The van der Waals surface area contributed by atoms with Gasteiger partial charge in [0, 0.05) is 19.0 Å². The van der Waals surface area contributed by atoms with E-state index >= 15 is 0 Å². The summed E-state index contributed by atoms with van der Waals surface area (Å²) in [5.41, 5.74) is 0. The lowest BCUT2D eigenvalue weighted by Crippen LogP contribution is -2.47. The summed E-state index contributed by atoms with van der Waals surface area (Å²) in [7, 11) is 0. The maximum atomic E-state index is 12.4. The molecule has 0 spiro atoms. The van der Waals surface area contributed by atoms with E-state index in [0.717, 1.165) is 4.90 Å². The van der Waals surface area contributed by atoms with Gasteiger partial charge < -0.3 is 10.2 Å². The summed E-state index contributed by atoms with van der Waals surface area (Å²) in [6, 6.07) is 0. The van der Waals surface area contributed by atoms with Crippen molar-refractivity contribution in [2.45, 2.75) is 25.6 Å². The number of likely N-dealkylation sites (tertiary alicyclic amines) is 1. The fourth-order valence-corrected chi connectivity index (χ4v) is 3.26. The number of nitrogens with zero attached hydrogens (tertiary/aromatic N) is 5. The zero-order valence-electron chi connectivity index (χ0n) is 12.3. The molecule has 3 heterocycles. The zero-order chi connectivity index (χ0) is 17.3. The normalized spacial score (nSPS) is 16.5. The Morgan fingerprint density at radius 1 is 1.33 bits per heavy atom. The molecule has 0 saturated carbocycles. The maximum absolute atomic E-state index is 12.4. The second kappa shape index (κ2) is 6.34. The second-order valence-electron chi connectivity index (χ2n) is 5.34. The molecular weight excluding hydrogens is 349 g/mol. The van der Waals surface area contributed by atoms with Crippen LogP contribution in [0.25, 0.3) is 4.96 Å². The second-order valence-corrected chi connectivity index (χ2v) is 6.38. The lowest BCUT2D eigenvalue weighted by Gasteiger charge is -2.31. The molecule has 3 rings (SSSR count). The number of carbonyl (C=O) groups excluding carboxylic acids is 2. The standard InChI is InChI=1S/C12H13F3N6O2S/c13-12(14,15)10(23)20-3-1-7(2-4-20)9(22)16-5-8-19-21-6-17-18-11(21)24-8/h6-7H,1-5H2,(H,16,22). The Kier molecular flexibility index (Phi) is 4.39. The van der Waals surface area contributed by atoms with E-state index in [-0.39, 0.29) is 38.4 Å². The number of hydrogen-bond donors (Lipinski definition) is 1. The van der Waals surface area contributed by atoms with Crippen LogP contribution in [0, 0.1) is 5.92 Å². The number of carbonyl (C=O) groups is 2. The molecule has 8 nitrogen and oxygen atoms in total. The van der Waals surface area contributed by atoms with Gasteiger partial charge in [-0.2, -0.15) is 22.8 Å². The molecule has 130 valence electrons. The minimum Gasteiger partial charge on any atom is -0.349 e. The molecule has 1 aliphatic heterocycles. The van der Waals surface area contributed by atoms with E-state index in [2.05, 4.69) is 20.6 Å². The van der Waals surface area contributed by atoms with Gasteiger partial charge >= 0.3 is 12.1 Å². The topological polar surface area (TPSA) is 92.5 Å². The van der Waals surface area contributed by atoms with Crippen LogP contribution in [0.4, 0.5) is 13.2 Å². The van der Waals surface area contributed by atoms with Gasteiger partial charge in [0.05, 0.1) is 6.54 Å². The Labute approximate surface area is 137 Å². The van der Waals surface area contributed by atoms with E-state index in [9.17, 15) is 22.8 Å². The molecule has 1 saturated heterocycles. The number of nitrogens with one attached hydrogen (secondary N) is 1. The highest BCUT2D eigenvalue weighted by Crippen LogP contribution is 2.24. The monoisotopic (exact) mass is 362 g/mol. The van der Waals surface area contributed by atoms with Crippen molar-refractivity contribution in [1.29, 1.82) is 0 Å². The molecule has 2 amide bonds. The summed E-state index contributed by atoms with van der Waals surface area (Å²) in [6.07, 6.45) is -3.01. The Hall–Kier alpha value is -2.24. The molecule has 2 aromatic rings. The van der Waals surface area contributed by atoms with Crippen LogP contribution in [0.2, 0.25) is 0 Å². The summed E-state index contributed by atoms with van der Waals surface area (Å²) < 4.78 is 38.6. The Morgan fingerprint density at radius 3 is 2.67 bits per heavy atom. The average molecular weight is 362 g/mol. The molecule has 0 unspecified atom stereocenters. The molecule has 2 aromatic heterocycles. The van der Waals surface area contributed by atoms with E-state index in [4.69, 9.17) is 0 Å². The summed E-state index contributed by atoms with van der Waals surface area (Å²) >= 11 is 1.29. The molecule has 0 aromatic carbocycles. The van der Waals surface area contributed by atoms with Gasteiger partial charge in [0.25, 0.3) is 0 Å². The van der Waals surface area contributed by atoms with Crippen LogP contribution in [0.3, 0.4) is 0 Å². The van der Waals surface area contributed by atoms with Crippen LogP contribution >= 0.6 is 11.3 Å². The molecule has 24 heavy (non-hydrogen) atoms. The number of halogens is 3. The largest absolute Gasteiger partial charge is 0.471 e. The van der Waals surface area contributed by atoms with Crippen molar-refractivity contribution < 1.29 is 22.8 Å². The molecule has 0 bridgehead atoms. The third-order valence-corrected chi connectivity index (χ3v) is 4.65. The van der Waals surface area contributed by atoms with E-state index < -0.39 is 18.0 Å². The van der Waals surface area contributed by atoms with Crippen LogP contribution in [-0.2, 0) is 16.1 Å². The van der Waals surface area contributed by atoms with E-state index in [0.29, 0.717) is 9.97 Å². The van der Waals surface area contributed by atoms with Gasteiger partial charge in [-0.3, -0.25) is 9.59 Å². The van der Waals surface area contributed by atoms with Gasteiger partial charge in [0.1, 0.15) is 11.3 Å². The minimum atomic E-state index is -4.87. The van der Waals surface area contributed by atoms with Crippen molar-refractivity contribution in [1.82, 2.24) is 30.0 Å². The highest BCUT2D eigenvalue weighted by molar-refractivity contribution is 7.16. The van der Waals surface area contributed by atoms with Gasteiger partial charge in [0.2, 0.25) is 10.9 Å². The number of rotatable bonds is 3.